The Morgan fingerprint density at radius 1 is 0.889 bits per heavy atom. The van der Waals surface area contributed by atoms with E-state index in [1.54, 1.807) is 0 Å². The van der Waals surface area contributed by atoms with Crippen molar-refractivity contribution >= 4 is 16.8 Å². The van der Waals surface area contributed by atoms with Gasteiger partial charge in [0.1, 0.15) is 0 Å². The third-order valence-electron chi connectivity index (χ3n) is 3.81. The van der Waals surface area contributed by atoms with Crippen LogP contribution in [0.5, 0.6) is 0 Å². The van der Waals surface area contributed by atoms with Gasteiger partial charge in [0.2, 0.25) is 5.24 Å². The molecule has 0 saturated heterocycles. The Hall–Kier alpha value is -1.60. The van der Waals surface area contributed by atoms with E-state index in [-0.39, 0.29) is 5.24 Å². The van der Waals surface area contributed by atoms with Crippen molar-refractivity contribution in [2.24, 2.45) is 0 Å². The van der Waals surface area contributed by atoms with Gasteiger partial charge in [0, 0.05) is 0 Å². The van der Waals surface area contributed by atoms with Crippen LogP contribution in [0.1, 0.15) is 16.7 Å². The Labute approximate surface area is 111 Å². The van der Waals surface area contributed by atoms with Crippen LogP contribution >= 0.6 is 11.6 Å². The van der Waals surface area contributed by atoms with Gasteiger partial charge in [0.25, 0.3) is 0 Å². The highest BCUT2D eigenvalue weighted by atomic mass is 35.5. The van der Waals surface area contributed by atoms with E-state index in [4.69, 9.17) is 11.6 Å². The number of hydrogen-bond acceptors (Lipinski definition) is 1. The van der Waals surface area contributed by atoms with Crippen molar-refractivity contribution in [3.05, 3.63) is 71.3 Å². The molecule has 0 aromatic heterocycles. The first-order chi connectivity index (χ1) is 8.72. The Morgan fingerprint density at radius 3 is 1.89 bits per heavy atom. The Balaban J connectivity index is 2.11. The van der Waals surface area contributed by atoms with Gasteiger partial charge in [-0.05, 0) is 41.1 Å². The summed E-state index contributed by atoms with van der Waals surface area (Å²) in [4.78, 5) is 12.0. The summed E-state index contributed by atoms with van der Waals surface area (Å²) in [6, 6.07) is 18.0. The molecule has 0 atom stereocenters. The van der Waals surface area contributed by atoms with E-state index in [9.17, 15) is 4.79 Å². The second-order valence-electron chi connectivity index (χ2n) is 4.84. The molecule has 1 aliphatic rings. The fourth-order valence-corrected chi connectivity index (χ4v) is 3.07. The average molecular weight is 257 g/mol. The molecule has 1 nitrogen and oxygen atoms in total. The number of halogens is 1. The Kier molecular flexibility index (Phi) is 2.71. The number of benzene rings is 2. The lowest BCUT2D eigenvalue weighted by molar-refractivity contribution is -0.116. The number of hydrogen-bond donors (Lipinski definition) is 0. The molecule has 2 aromatic rings. The highest BCUT2D eigenvalue weighted by Gasteiger charge is 2.44. The molecular weight excluding hydrogens is 244 g/mol. The van der Waals surface area contributed by atoms with Gasteiger partial charge in [-0.15, -0.1) is 0 Å². The number of carbonyl (C=O) groups excluding carboxylic acids is 1. The first kappa shape index (κ1) is 11.5. The lowest BCUT2D eigenvalue weighted by Crippen LogP contribution is -2.33. The van der Waals surface area contributed by atoms with Gasteiger partial charge < -0.3 is 0 Å². The van der Waals surface area contributed by atoms with Crippen LogP contribution in [0, 0.1) is 0 Å². The molecule has 90 valence electrons. The number of rotatable bonds is 2. The van der Waals surface area contributed by atoms with Crippen molar-refractivity contribution < 1.29 is 4.79 Å². The van der Waals surface area contributed by atoms with Crippen LogP contribution in [0.15, 0.2) is 54.6 Å². The molecule has 2 heteroatoms. The summed E-state index contributed by atoms with van der Waals surface area (Å²) in [5.41, 5.74) is 2.90. The maximum Gasteiger partial charge on any atom is 0.232 e. The molecule has 0 fully saturated rings. The van der Waals surface area contributed by atoms with E-state index in [0.717, 1.165) is 5.56 Å². The zero-order valence-electron chi connectivity index (χ0n) is 9.90. The van der Waals surface area contributed by atoms with Crippen LogP contribution in [0.25, 0.3) is 0 Å². The van der Waals surface area contributed by atoms with Gasteiger partial charge >= 0.3 is 0 Å². The van der Waals surface area contributed by atoms with Crippen LogP contribution < -0.4 is 0 Å². The molecular formula is C16H13ClO. The molecule has 1 aliphatic carbocycles. The highest BCUT2D eigenvalue weighted by Crippen LogP contribution is 2.41. The summed E-state index contributed by atoms with van der Waals surface area (Å²) >= 11 is 5.93. The van der Waals surface area contributed by atoms with E-state index in [2.05, 4.69) is 12.1 Å². The molecule has 0 saturated carbocycles. The number of carbonyl (C=O) groups is 1. The van der Waals surface area contributed by atoms with Crippen LogP contribution in [0.3, 0.4) is 0 Å². The molecule has 0 spiro atoms. The van der Waals surface area contributed by atoms with Crippen molar-refractivity contribution in [1.82, 2.24) is 0 Å². The van der Waals surface area contributed by atoms with Gasteiger partial charge in [0.05, 0.1) is 5.41 Å². The van der Waals surface area contributed by atoms with Crippen LogP contribution in [0.4, 0.5) is 0 Å². The van der Waals surface area contributed by atoms with E-state index in [1.165, 1.54) is 11.1 Å². The second-order valence-corrected chi connectivity index (χ2v) is 5.19. The first-order valence-corrected chi connectivity index (χ1v) is 6.42. The summed E-state index contributed by atoms with van der Waals surface area (Å²) in [5.74, 6) is 0. The minimum absolute atomic E-state index is 0.259. The molecule has 0 unspecified atom stereocenters. The van der Waals surface area contributed by atoms with Crippen molar-refractivity contribution in [2.75, 3.05) is 0 Å². The molecule has 0 N–H and O–H groups in total. The average Bonchev–Trinajstić information content (AvgIpc) is 2.80. The highest BCUT2D eigenvalue weighted by molar-refractivity contribution is 6.65. The predicted octanol–water partition coefficient (Wildman–Crippen LogP) is 3.49. The van der Waals surface area contributed by atoms with Gasteiger partial charge in [-0.1, -0.05) is 54.6 Å². The SMILES string of the molecule is O=C(Cl)C1(c2ccccc2)Cc2ccccc2C1. The molecule has 0 radical (unpaired) electrons. The van der Waals surface area contributed by atoms with Crippen LogP contribution in [0.2, 0.25) is 0 Å². The third-order valence-corrected chi connectivity index (χ3v) is 4.17. The second kappa shape index (κ2) is 4.25. The lowest BCUT2D eigenvalue weighted by Gasteiger charge is -2.24. The van der Waals surface area contributed by atoms with Gasteiger partial charge in [0.15, 0.2) is 0 Å². The molecule has 2 aromatic carbocycles. The third kappa shape index (κ3) is 1.67. The monoisotopic (exact) mass is 256 g/mol. The maximum atomic E-state index is 12.0. The minimum Gasteiger partial charge on any atom is -0.280 e. The smallest absolute Gasteiger partial charge is 0.232 e. The first-order valence-electron chi connectivity index (χ1n) is 6.05. The van der Waals surface area contributed by atoms with Crippen molar-refractivity contribution in [3.63, 3.8) is 0 Å². The summed E-state index contributed by atoms with van der Waals surface area (Å²) in [6.45, 7) is 0. The topological polar surface area (TPSA) is 17.1 Å². The summed E-state index contributed by atoms with van der Waals surface area (Å²) in [6.07, 6.45) is 1.41. The normalized spacial score (nSPS) is 16.3. The zero-order chi connectivity index (χ0) is 12.6. The van der Waals surface area contributed by atoms with E-state index in [1.807, 2.05) is 42.5 Å². The molecule has 3 rings (SSSR count). The lowest BCUT2D eigenvalue weighted by atomic mass is 9.79. The van der Waals surface area contributed by atoms with Crippen LogP contribution in [-0.4, -0.2) is 5.24 Å². The summed E-state index contributed by atoms with van der Waals surface area (Å²) in [5, 5.41) is -0.259. The van der Waals surface area contributed by atoms with Crippen molar-refractivity contribution in [2.45, 2.75) is 18.3 Å². The number of fused-ring (bicyclic) bond motifs is 1. The predicted molar refractivity (Wildman–Crippen MR) is 72.8 cm³/mol. The Bertz CT molecular complexity index is 564. The van der Waals surface area contributed by atoms with Crippen LogP contribution in [-0.2, 0) is 23.1 Å². The largest absolute Gasteiger partial charge is 0.280 e. The Morgan fingerprint density at radius 2 is 1.39 bits per heavy atom. The van der Waals surface area contributed by atoms with Gasteiger partial charge in [-0.3, -0.25) is 4.79 Å². The summed E-state index contributed by atoms with van der Waals surface area (Å²) in [7, 11) is 0. The van der Waals surface area contributed by atoms with Gasteiger partial charge in [-0.25, -0.2) is 0 Å². The van der Waals surface area contributed by atoms with E-state index < -0.39 is 5.41 Å². The molecule has 0 bridgehead atoms. The molecule has 0 aliphatic heterocycles. The minimum atomic E-state index is -0.577. The van der Waals surface area contributed by atoms with Crippen molar-refractivity contribution in [3.8, 4) is 0 Å². The van der Waals surface area contributed by atoms with E-state index >= 15 is 0 Å². The van der Waals surface area contributed by atoms with Gasteiger partial charge in [-0.2, -0.15) is 0 Å². The quantitative estimate of drug-likeness (QED) is 0.752. The molecule has 18 heavy (non-hydrogen) atoms. The molecule has 0 amide bonds. The fourth-order valence-electron chi connectivity index (χ4n) is 2.83. The summed E-state index contributed by atoms with van der Waals surface area (Å²) < 4.78 is 0. The zero-order valence-corrected chi connectivity index (χ0v) is 10.7. The molecule has 0 heterocycles. The maximum absolute atomic E-state index is 12.0. The standard InChI is InChI=1S/C16H13ClO/c17-15(18)16(14-8-2-1-3-9-14)10-12-6-4-5-7-13(12)11-16/h1-9H,10-11H2. The van der Waals surface area contributed by atoms with E-state index in [0.29, 0.717) is 12.8 Å². The van der Waals surface area contributed by atoms with Crippen molar-refractivity contribution in [1.29, 1.82) is 0 Å². The fraction of sp³-hybridized carbons (Fsp3) is 0.188.